The summed E-state index contributed by atoms with van der Waals surface area (Å²) < 4.78 is 5.27. The van der Waals surface area contributed by atoms with Crippen LogP contribution >= 0.6 is 0 Å². The molecule has 0 radical (unpaired) electrons. The Kier molecular flexibility index (Phi) is 1.77. The van der Waals surface area contributed by atoms with Crippen molar-refractivity contribution in [3.8, 4) is 0 Å². The third-order valence-electron chi connectivity index (χ3n) is 3.81. The molecular weight excluding hydrogens is 214 g/mol. The number of hydrogen-bond acceptors (Lipinski definition) is 2. The number of H-pyrrole nitrogens is 1. The average Bonchev–Trinajstić information content (AvgIpc) is 3.06. The van der Waals surface area contributed by atoms with Crippen molar-refractivity contribution in [1.29, 1.82) is 0 Å². The van der Waals surface area contributed by atoms with Gasteiger partial charge in [0.1, 0.15) is 6.10 Å². The Morgan fingerprint density at radius 2 is 2.06 bits per heavy atom. The summed E-state index contributed by atoms with van der Waals surface area (Å²) in [6, 6.07) is 6.32. The van der Waals surface area contributed by atoms with Crippen molar-refractivity contribution >= 4 is 10.9 Å². The highest BCUT2D eigenvalue weighted by molar-refractivity contribution is 5.84. The summed E-state index contributed by atoms with van der Waals surface area (Å²) in [5.74, 6) is 0. The van der Waals surface area contributed by atoms with E-state index in [1.165, 1.54) is 16.5 Å². The van der Waals surface area contributed by atoms with Gasteiger partial charge in [0.25, 0.3) is 5.56 Å². The molecule has 1 atom stereocenters. The summed E-state index contributed by atoms with van der Waals surface area (Å²) in [4.78, 5) is 14.9. The molecule has 2 aliphatic rings. The molecule has 0 saturated carbocycles. The predicted molar refractivity (Wildman–Crippen MR) is 65.3 cm³/mol. The first-order valence-electron chi connectivity index (χ1n) is 6.12. The second-order valence-electron chi connectivity index (χ2n) is 4.89. The van der Waals surface area contributed by atoms with Crippen LogP contribution in [0.2, 0.25) is 0 Å². The van der Waals surface area contributed by atoms with Crippen LogP contribution in [0.3, 0.4) is 0 Å². The van der Waals surface area contributed by atoms with Crippen LogP contribution in [0.5, 0.6) is 0 Å². The molecular formula is C14H13NO2. The Bertz CT molecular complexity index is 668. The second-order valence-corrected chi connectivity index (χ2v) is 4.89. The Morgan fingerprint density at radius 3 is 2.88 bits per heavy atom. The van der Waals surface area contributed by atoms with Gasteiger partial charge in [0, 0.05) is 16.5 Å². The number of aryl methyl sites for hydroxylation is 1. The van der Waals surface area contributed by atoms with E-state index >= 15 is 0 Å². The van der Waals surface area contributed by atoms with Crippen LogP contribution in [0.1, 0.15) is 29.2 Å². The molecule has 3 nitrogen and oxygen atoms in total. The minimum atomic E-state index is 0.0962. The first-order chi connectivity index (χ1) is 8.33. The quantitative estimate of drug-likeness (QED) is 0.758. The summed E-state index contributed by atoms with van der Waals surface area (Å²) >= 11 is 0. The van der Waals surface area contributed by atoms with Gasteiger partial charge in [0.2, 0.25) is 0 Å². The number of aromatic nitrogens is 1. The average molecular weight is 227 g/mol. The Balaban J connectivity index is 2.03. The van der Waals surface area contributed by atoms with Crippen molar-refractivity contribution in [2.45, 2.75) is 25.4 Å². The summed E-state index contributed by atoms with van der Waals surface area (Å²) in [7, 11) is 0. The molecule has 2 aromatic rings. The maximum absolute atomic E-state index is 11.9. The highest BCUT2D eigenvalue weighted by Crippen LogP contribution is 2.33. The van der Waals surface area contributed by atoms with Gasteiger partial charge in [-0.2, -0.15) is 0 Å². The molecule has 1 aromatic heterocycles. The van der Waals surface area contributed by atoms with Crippen LogP contribution in [0.25, 0.3) is 10.9 Å². The molecule has 17 heavy (non-hydrogen) atoms. The van der Waals surface area contributed by atoms with E-state index in [2.05, 4.69) is 23.2 Å². The highest BCUT2D eigenvalue weighted by Gasteiger charge is 2.25. The van der Waals surface area contributed by atoms with E-state index < -0.39 is 0 Å². The first-order valence-corrected chi connectivity index (χ1v) is 6.12. The van der Waals surface area contributed by atoms with E-state index in [9.17, 15) is 4.79 Å². The van der Waals surface area contributed by atoms with Crippen LogP contribution < -0.4 is 5.56 Å². The van der Waals surface area contributed by atoms with Crippen LogP contribution in [0, 0.1) is 0 Å². The second kappa shape index (κ2) is 3.20. The maximum atomic E-state index is 11.9. The fourth-order valence-electron chi connectivity index (χ4n) is 2.86. The fraction of sp³-hybridized carbons (Fsp3) is 0.357. The third kappa shape index (κ3) is 1.35. The number of aromatic amines is 1. The van der Waals surface area contributed by atoms with E-state index in [4.69, 9.17) is 4.74 Å². The third-order valence-corrected chi connectivity index (χ3v) is 3.81. The summed E-state index contributed by atoms with van der Waals surface area (Å²) in [5, 5.41) is 1.21. The minimum Gasteiger partial charge on any atom is -0.368 e. The van der Waals surface area contributed by atoms with Gasteiger partial charge >= 0.3 is 0 Å². The lowest BCUT2D eigenvalue weighted by Crippen LogP contribution is -2.12. The van der Waals surface area contributed by atoms with E-state index in [0.29, 0.717) is 0 Å². The van der Waals surface area contributed by atoms with Crippen molar-refractivity contribution in [2.24, 2.45) is 0 Å². The van der Waals surface area contributed by atoms with Crippen molar-refractivity contribution < 1.29 is 4.74 Å². The van der Waals surface area contributed by atoms with Gasteiger partial charge < -0.3 is 9.72 Å². The fourth-order valence-corrected chi connectivity index (χ4v) is 2.86. The van der Waals surface area contributed by atoms with Crippen LogP contribution in [0.15, 0.2) is 23.0 Å². The number of ether oxygens (including phenoxy) is 1. The first kappa shape index (κ1) is 9.42. The molecule has 1 aromatic carbocycles. The number of nitrogens with one attached hydrogen (secondary N) is 1. The van der Waals surface area contributed by atoms with E-state index in [1.807, 2.05) is 0 Å². The molecule has 1 N–H and O–H groups in total. The molecule has 86 valence electrons. The van der Waals surface area contributed by atoms with Crippen LogP contribution in [-0.2, 0) is 17.6 Å². The molecule has 4 rings (SSSR count). The highest BCUT2D eigenvalue weighted by atomic mass is 16.6. The van der Waals surface area contributed by atoms with Gasteiger partial charge in [0.05, 0.1) is 6.61 Å². The SMILES string of the molecule is O=c1[nH]c2cc(C3CO3)ccc2c2c1CCC2. The number of hydrogen-bond donors (Lipinski definition) is 1. The topological polar surface area (TPSA) is 45.4 Å². The van der Waals surface area contributed by atoms with E-state index in [0.717, 1.165) is 36.9 Å². The zero-order chi connectivity index (χ0) is 11.4. The molecule has 0 spiro atoms. The Labute approximate surface area is 98.4 Å². The Hall–Kier alpha value is -1.61. The van der Waals surface area contributed by atoms with Crippen LogP contribution in [0.4, 0.5) is 0 Å². The van der Waals surface area contributed by atoms with Crippen molar-refractivity contribution in [3.05, 3.63) is 45.2 Å². The molecule has 3 heteroatoms. The predicted octanol–water partition coefficient (Wildman–Crippen LogP) is 2.09. The Morgan fingerprint density at radius 1 is 1.24 bits per heavy atom. The molecule has 2 heterocycles. The van der Waals surface area contributed by atoms with Gasteiger partial charge in [-0.05, 0) is 36.5 Å². The largest absolute Gasteiger partial charge is 0.368 e. The summed E-state index contributed by atoms with van der Waals surface area (Å²) in [5.41, 5.74) is 4.48. The number of benzene rings is 1. The molecule has 1 aliphatic carbocycles. The molecule has 1 fully saturated rings. The van der Waals surface area contributed by atoms with Crippen molar-refractivity contribution in [1.82, 2.24) is 4.98 Å². The summed E-state index contributed by atoms with van der Waals surface area (Å²) in [6.07, 6.45) is 3.31. The molecule has 0 amide bonds. The lowest BCUT2D eigenvalue weighted by atomic mass is 10.0. The van der Waals surface area contributed by atoms with Crippen LogP contribution in [-0.4, -0.2) is 11.6 Å². The maximum Gasteiger partial charge on any atom is 0.251 e. The lowest BCUT2D eigenvalue weighted by Gasteiger charge is -2.06. The molecule has 1 saturated heterocycles. The number of pyridine rings is 1. The minimum absolute atomic E-state index is 0.0962. The standard InChI is InChI=1S/C14H13NO2/c16-14-11-3-1-2-9(11)10-5-4-8(13-7-17-13)6-12(10)15-14/h4-6,13H,1-3,7H2,(H,15,16). The van der Waals surface area contributed by atoms with Gasteiger partial charge in [-0.3, -0.25) is 4.79 Å². The monoisotopic (exact) mass is 227 g/mol. The molecule has 1 unspecified atom stereocenters. The zero-order valence-electron chi connectivity index (χ0n) is 9.45. The lowest BCUT2D eigenvalue weighted by molar-refractivity contribution is 0.416. The number of rotatable bonds is 1. The normalized spacial score (nSPS) is 21.8. The van der Waals surface area contributed by atoms with Crippen molar-refractivity contribution in [3.63, 3.8) is 0 Å². The smallest absolute Gasteiger partial charge is 0.251 e. The summed E-state index contributed by atoms with van der Waals surface area (Å²) in [6.45, 7) is 0.806. The van der Waals surface area contributed by atoms with Gasteiger partial charge in [0.15, 0.2) is 0 Å². The van der Waals surface area contributed by atoms with Gasteiger partial charge in [-0.15, -0.1) is 0 Å². The molecule has 1 aliphatic heterocycles. The van der Waals surface area contributed by atoms with Crippen molar-refractivity contribution in [2.75, 3.05) is 6.61 Å². The number of fused-ring (bicyclic) bond motifs is 3. The number of epoxide rings is 1. The van der Waals surface area contributed by atoms with E-state index in [1.54, 1.807) is 0 Å². The van der Waals surface area contributed by atoms with E-state index in [-0.39, 0.29) is 11.7 Å². The zero-order valence-corrected chi connectivity index (χ0v) is 9.45. The molecule has 0 bridgehead atoms. The van der Waals surface area contributed by atoms with Gasteiger partial charge in [-0.1, -0.05) is 12.1 Å². The van der Waals surface area contributed by atoms with Gasteiger partial charge in [-0.25, -0.2) is 0 Å².